The second-order valence-corrected chi connectivity index (χ2v) is 4.10. The Hall–Kier alpha value is -0.650. The number of alkyl halides is 4. The van der Waals surface area contributed by atoms with Gasteiger partial charge in [-0.05, 0) is 18.2 Å². The van der Waals surface area contributed by atoms with Crippen molar-refractivity contribution in [1.29, 1.82) is 0 Å². The fourth-order valence-corrected chi connectivity index (χ4v) is 1.41. The predicted molar refractivity (Wildman–Crippen MR) is 61.7 cm³/mol. The molecule has 1 rings (SSSR count). The maximum atomic E-state index is 12.4. The lowest BCUT2D eigenvalue weighted by atomic mass is 10.2. The van der Waals surface area contributed by atoms with E-state index in [1.54, 1.807) is 0 Å². The average molecular weight is 288 g/mol. The van der Waals surface area contributed by atoms with Crippen LogP contribution in [-0.2, 0) is 6.18 Å². The highest BCUT2D eigenvalue weighted by atomic mass is 35.5. The van der Waals surface area contributed by atoms with E-state index < -0.39 is 17.8 Å². The lowest BCUT2D eigenvalue weighted by molar-refractivity contribution is -0.137. The minimum absolute atomic E-state index is 0.0103. The predicted octanol–water partition coefficient (Wildman–Crippen LogP) is 3.37. The van der Waals surface area contributed by atoms with Crippen molar-refractivity contribution < 1.29 is 18.3 Å². The summed E-state index contributed by atoms with van der Waals surface area (Å²) in [7, 11) is 0. The van der Waals surface area contributed by atoms with Crippen molar-refractivity contribution in [3.63, 3.8) is 0 Å². The minimum Gasteiger partial charge on any atom is -0.390 e. The molecule has 7 heteroatoms. The highest BCUT2D eigenvalue weighted by Gasteiger charge is 2.30. The van der Waals surface area contributed by atoms with E-state index in [1.807, 2.05) is 0 Å². The summed E-state index contributed by atoms with van der Waals surface area (Å²) in [6.07, 6.45) is -5.27. The van der Waals surface area contributed by atoms with Crippen LogP contribution >= 0.6 is 23.2 Å². The van der Waals surface area contributed by atoms with E-state index in [9.17, 15) is 18.3 Å². The number of aliphatic hydroxyl groups excluding tert-OH is 1. The first-order valence-electron chi connectivity index (χ1n) is 4.69. The zero-order chi connectivity index (χ0) is 13.1. The van der Waals surface area contributed by atoms with E-state index >= 15 is 0 Å². The van der Waals surface area contributed by atoms with Gasteiger partial charge in [0.15, 0.2) is 0 Å². The molecule has 0 bridgehead atoms. The van der Waals surface area contributed by atoms with Gasteiger partial charge < -0.3 is 10.4 Å². The van der Waals surface area contributed by atoms with Crippen LogP contribution in [0.3, 0.4) is 0 Å². The van der Waals surface area contributed by atoms with Crippen molar-refractivity contribution in [3.8, 4) is 0 Å². The monoisotopic (exact) mass is 287 g/mol. The fourth-order valence-electron chi connectivity index (χ4n) is 1.12. The third-order valence-electron chi connectivity index (χ3n) is 2.00. The summed E-state index contributed by atoms with van der Waals surface area (Å²) in [4.78, 5) is 0. The highest BCUT2D eigenvalue weighted by Crippen LogP contribution is 2.33. The van der Waals surface area contributed by atoms with Crippen LogP contribution in [0.1, 0.15) is 5.56 Å². The van der Waals surface area contributed by atoms with Crippen LogP contribution in [0.4, 0.5) is 18.9 Å². The Kier molecular flexibility index (Phi) is 4.91. The Morgan fingerprint density at radius 1 is 1.35 bits per heavy atom. The molecule has 0 aliphatic heterocycles. The Morgan fingerprint density at radius 2 is 2.00 bits per heavy atom. The minimum atomic E-state index is -4.42. The molecule has 2 nitrogen and oxygen atoms in total. The molecule has 0 heterocycles. The molecule has 1 atom stereocenters. The molecule has 2 N–H and O–H groups in total. The summed E-state index contributed by atoms with van der Waals surface area (Å²) in [6, 6.07) is 2.94. The zero-order valence-electron chi connectivity index (χ0n) is 8.56. The van der Waals surface area contributed by atoms with Crippen molar-refractivity contribution in [1.82, 2.24) is 0 Å². The summed E-state index contributed by atoms with van der Waals surface area (Å²) in [5.74, 6) is -0.0103. The molecule has 0 aliphatic rings. The normalized spacial score (nSPS) is 13.5. The molecule has 1 unspecified atom stereocenters. The summed E-state index contributed by atoms with van der Waals surface area (Å²) in [5, 5.41) is 11.9. The van der Waals surface area contributed by atoms with Gasteiger partial charge in [-0.15, -0.1) is 11.6 Å². The van der Waals surface area contributed by atoms with Gasteiger partial charge in [0.2, 0.25) is 0 Å². The highest BCUT2D eigenvalue weighted by molar-refractivity contribution is 6.33. The molecule has 17 heavy (non-hydrogen) atoms. The van der Waals surface area contributed by atoms with Crippen molar-refractivity contribution in [3.05, 3.63) is 28.8 Å². The van der Waals surface area contributed by atoms with Gasteiger partial charge in [0, 0.05) is 6.54 Å². The molecule has 0 saturated carbocycles. The van der Waals surface area contributed by atoms with Crippen LogP contribution in [0.15, 0.2) is 18.2 Å². The Bertz CT molecular complexity index is 384. The van der Waals surface area contributed by atoms with E-state index in [2.05, 4.69) is 5.32 Å². The Balaban J connectivity index is 2.84. The van der Waals surface area contributed by atoms with Crippen LogP contribution in [0.25, 0.3) is 0 Å². The number of aliphatic hydroxyl groups is 1. The zero-order valence-corrected chi connectivity index (χ0v) is 10.1. The second kappa shape index (κ2) is 5.80. The van der Waals surface area contributed by atoms with Crippen molar-refractivity contribution in [2.24, 2.45) is 0 Å². The van der Waals surface area contributed by atoms with Crippen molar-refractivity contribution >= 4 is 28.9 Å². The lowest BCUT2D eigenvalue weighted by Gasteiger charge is -2.14. The summed E-state index contributed by atoms with van der Waals surface area (Å²) >= 11 is 11.1. The molecule has 0 aromatic heterocycles. The summed E-state index contributed by atoms with van der Waals surface area (Å²) in [6.45, 7) is 0.0323. The molecule has 0 radical (unpaired) electrons. The number of benzene rings is 1. The van der Waals surface area contributed by atoms with Gasteiger partial charge in [-0.2, -0.15) is 13.2 Å². The number of halogens is 5. The number of nitrogens with one attached hydrogen (secondary N) is 1. The van der Waals surface area contributed by atoms with Gasteiger partial charge >= 0.3 is 6.18 Å². The van der Waals surface area contributed by atoms with Gasteiger partial charge in [-0.3, -0.25) is 0 Å². The fraction of sp³-hybridized carbons (Fsp3) is 0.400. The van der Waals surface area contributed by atoms with Gasteiger partial charge in [-0.25, -0.2) is 0 Å². The van der Waals surface area contributed by atoms with E-state index in [-0.39, 0.29) is 23.1 Å². The van der Waals surface area contributed by atoms with Crippen LogP contribution in [0, 0.1) is 0 Å². The third kappa shape index (κ3) is 4.26. The van der Waals surface area contributed by atoms with Crippen molar-refractivity contribution in [2.45, 2.75) is 12.3 Å². The van der Waals surface area contributed by atoms with Crippen molar-refractivity contribution in [2.75, 3.05) is 17.7 Å². The van der Waals surface area contributed by atoms with Gasteiger partial charge in [0.05, 0.1) is 28.3 Å². The molecular formula is C10H10Cl2F3NO. The molecule has 0 fully saturated rings. The van der Waals surface area contributed by atoms with E-state index in [0.29, 0.717) is 0 Å². The quantitative estimate of drug-likeness (QED) is 0.833. The van der Waals surface area contributed by atoms with E-state index in [1.165, 1.54) is 0 Å². The van der Waals surface area contributed by atoms with E-state index in [0.717, 1.165) is 18.2 Å². The maximum Gasteiger partial charge on any atom is 0.416 e. The first-order valence-corrected chi connectivity index (χ1v) is 5.60. The number of hydrogen-bond donors (Lipinski definition) is 2. The molecule has 1 aromatic carbocycles. The Labute approximate surface area is 106 Å². The van der Waals surface area contributed by atoms with Gasteiger partial charge in [-0.1, -0.05) is 11.6 Å². The summed E-state index contributed by atoms with van der Waals surface area (Å²) in [5.41, 5.74) is -0.685. The van der Waals surface area contributed by atoms with Crippen LogP contribution in [0.2, 0.25) is 5.02 Å². The molecule has 0 saturated heterocycles. The maximum absolute atomic E-state index is 12.4. The first kappa shape index (κ1) is 14.4. The van der Waals surface area contributed by atoms with E-state index in [4.69, 9.17) is 23.2 Å². The van der Waals surface area contributed by atoms with Crippen LogP contribution < -0.4 is 5.32 Å². The number of anilines is 1. The standard InChI is InChI=1S/C10H10Cl2F3NO/c11-4-7(17)5-16-9-3-6(10(13,14)15)1-2-8(9)12/h1-3,7,16-17H,4-5H2. The largest absolute Gasteiger partial charge is 0.416 e. The Morgan fingerprint density at radius 3 is 2.53 bits per heavy atom. The molecule has 0 aliphatic carbocycles. The van der Waals surface area contributed by atoms with Gasteiger partial charge in [0.25, 0.3) is 0 Å². The summed E-state index contributed by atoms with van der Waals surface area (Å²) < 4.78 is 37.3. The number of rotatable bonds is 4. The SMILES string of the molecule is OC(CCl)CNc1cc(C(F)(F)F)ccc1Cl. The topological polar surface area (TPSA) is 32.3 Å². The number of hydrogen-bond acceptors (Lipinski definition) is 2. The smallest absolute Gasteiger partial charge is 0.390 e. The molecule has 96 valence electrons. The molecule has 0 spiro atoms. The molecule has 0 amide bonds. The van der Waals surface area contributed by atoms with Crippen LogP contribution in [-0.4, -0.2) is 23.6 Å². The third-order valence-corrected chi connectivity index (χ3v) is 2.69. The first-order chi connectivity index (χ1) is 7.84. The lowest BCUT2D eigenvalue weighted by Crippen LogP contribution is -2.21. The van der Waals surface area contributed by atoms with Crippen LogP contribution in [0.5, 0.6) is 0 Å². The van der Waals surface area contributed by atoms with Gasteiger partial charge in [0.1, 0.15) is 0 Å². The second-order valence-electron chi connectivity index (χ2n) is 3.38. The molecular weight excluding hydrogens is 278 g/mol. The molecule has 1 aromatic rings. The average Bonchev–Trinajstić information content (AvgIpc) is 2.26.